The molecule has 0 saturated heterocycles. The first-order chi connectivity index (χ1) is 15.5. The summed E-state index contributed by atoms with van der Waals surface area (Å²) < 4.78 is 7.62. The molecular weight excluding hydrogens is 469 g/mol. The zero-order chi connectivity index (χ0) is 22.2. The molecule has 5 nitrogen and oxygen atoms in total. The van der Waals surface area contributed by atoms with Crippen molar-refractivity contribution >= 4 is 51.5 Å². The molecule has 0 fully saturated rings. The van der Waals surface area contributed by atoms with Crippen LogP contribution in [0.4, 0.5) is 0 Å². The quantitative estimate of drug-likeness (QED) is 0.255. The molecule has 3 heterocycles. The van der Waals surface area contributed by atoms with Crippen molar-refractivity contribution in [1.82, 2.24) is 14.5 Å². The van der Waals surface area contributed by atoms with Crippen LogP contribution in [-0.2, 0) is 6.54 Å². The highest BCUT2D eigenvalue weighted by atomic mass is 35.5. The van der Waals surface area contributed by atoms with Crippen LogP contribution in [0, 0.1) is 0 Å². The summed E-state index contributed by atoms with van der Waals surface area (Å²) in [5.41, 5.74) is 2.81. The molecule has 5 rings (SSSR count). The molecule has 0 unspecified atom stereocenters. The van der Waals surface area contributed by atoms with Crippen molar-refractivity contribution < 1.29 is 9.21 Å². The van der Waals surface area contributed by atoms with E-state index >= 15 is 0 Å². The summed E-state index contributed by atoms with van der Waals surface area (Å²) in [6.07, 6.45) is 4.66. The maximum atomic E-state index is 13.4. The van der Waals surface area contributed by atoms with Gasteiger partial charge in [0.05, 0.1) is 17.3 Å². The normalized spacial score (nSPS) is 11.2. The van der Waals surface area contributed by atoms with Gasteiger partial charge in [0, 0.05) is 39.9 Å². The zero-order valence-corrected chi connectivity index (χ0v) is 18.7. The summed E-state index contributed by atoms with van der Waals surface area (Å²) in [5.74, 6) is 0.0453. The largest absolute Gasteiger partial charge is 0.433 e. The van der Waals surface area contributed by atoms with Gasteiger partial charge in [0.1, 0.15) is 5.15 Å². The van der Waals surface area contributed by atoms with E-state index in [1.807, 2.05) is 34.9 Å². The number of oxazole rings is 1. The molecule has 3 aromatic heterocycles. The van der Waals surface area contributed by atoms with Gasteiger partial charge in [-0.05, 0) is 48.0 Å². The lowest BCUT2D eigenvalue weighted by Gasteiger charge is -2.08. The van der Waals surface area contributed by atoms with Gasteiger partial charge in [0.25, 0.3) is 0 Å². The molecule has 0 amide bonds. The molecule has 5 aromatic rings. The van der Waals surface area contributed by atoms with Crippen LogP contribution in [0.1, 0.15) is 21.7 Å². The van der Waals surface area contributed by atoms with Gasteiger partial charge in [-0.25, -0.2) is 4.98 Å². The van der Waals surface area contributed by atoms with Crippen LogP contribution in [0.2, 0.25) is 15.2 Å². The number of ketones is 1. The van der Waals surface area contributed by atoms with Crippen LogP contribution in [0.3, 0.4) is 0 Å². The van der Waals surface area contributed by atoms with Crippen LogP contribution in [0.15, 0.2) is 77.6 Å². The number of aromatic nitrogens is 3. The average Bonchev–Trinajstić information content (AvgIpc) is 3.39. The molecule has 0 aliphatic rings. The highest BCUT2D eigenvalue weighted by Crippen LogP contribution is 2.35. The van der Waals surface area contributed by atoms with Crippen molar-refractivity contribution in [3.05, 3.63) is 105 Å². The zero-order valence-electron chi connectivity index (χ0n) is 16.4. The van der Waals surface area contributed by atoms with Crippen molar-refractivity contribution in [1.29, 1.82) is 0 Å². The number of halogens is 3. The Kier molecular flexibility index (Phi) is 5.47. The summed E-state index contributed by atoms with van der Waals surface area (Å²) in [7, 11) is 0. The van der Waals surface area contributed by atoms with Gasteiger partial charge in [-0.3, -0.25) is 9.78 Å². The predicted molar refractivity (Wildman–Crippen MR) is 126 cm³/mol. The van der Waals surface area contributed by atoms with Gasteiger partial charge < -0.3 is 8.98 Å². The highest BCUT2D eigenvalue weighted by molar-refractivity contribution is 6.37. The third-order valence-electron chi connectivity index (χ3n) is 5.10. The van der Waals surface area contributed by atoms with Gasteiger partial charge >= 0.3 is 0 Å². The number of pyridine rings is 1. The van der Waals surface area contributed by atoms with Gasteiger partial charge in [0.15, 0.2) is 5.76 Å². The number of rotatable bonds is 5. The second-order valence-corrected chi connectivity index (χ2v) is 8.37. The number of fused-ring (bicyclic) bond motifs is 1. The standard InChI is InChI=1S/C24H14Cl3N3O2/c25-16-3-1-14(2-4-16)13-30-19-6-5-17(26)11-18(19)21(23(30)27)22(31)20-12-29-24(32-20)15-7-9-28-10-8-15/h1-12H,13H2. The molecule has 0 saturated carbocycles. The first kappa shape index (κ1) is 20.8. The summed E-state index contributed by atoms with van der Waals surface area (Å²) in [6.45, 7) is 0.458. The van der Waals surface area contributed by atoms with Crippen LogP contribution in [-0.4, -0.2) is 20.3 Å². The van der Waals surface area contributed by atoms with E-state index in [4.69, 9.17) is 39.2 Å². The molecule has 0 atom stereocenters. The van der Waals surface area contributed by atoms with Crippen molar-refractivity contribution in [3.63, 3.8) is 0 Å². The van der Waals surface area contributed by atoms with Crippen LogP contribution in [0.25, 0.3) is 22.4 Å². The molecule has 32 heavy (non-hydrogen) atoms. The third-order valence-corrected chi connectivity index (χ3v) is 5.98. The van der Waals surface area contributed by atoms with E-state index in [1.165, 1.54) is 6.20 Å². The fourth-order valence-corrected chi connectivity index (χ4v) is 4.21. The second kappa shape index (κ2) is 8.43. The highest BCUT2D eigenvalue weighted by Gasteiger charge is 2.26. The molecular formula is C24H14Cl3N3O2. The lowest BCUT2D eigenvalue weighted by Crippen LogP contribution is -2.03. The van der Waals surface area contributed by atoms with E-state index in [2.05, 4.69) is 9.97 Å². The number of hydrogen-bond acceptors (Lipinski definition) is 4. The maximum absolute atomic E-state index is 13.4. The lowest BCUT2D eigenvalue weighted by atomic mass is 10.1. The fraction of sp³-hybridized carbons (Fsp3) is 0.0417. The van der Waals surface area contributed by atoms with Crippen molar-refractivity contribution in [2.75, 3.05) is 0 Å². The van der Waals surface area contributed by atoms with E-state index in [-0.39, 0.29) is 11.5 Å². The molecule has 0 bridgehead atoms. The van der Waals surface area contributed by atoms with Gasteiger partial charge in [-0.2, -0.15) is 0 Å². The number of nitrogens with zero attached hydrogens (tertiary/aromatic N) is 3. The second-order valence-electron chi connectivity index (χ2n) is 7.13. The Morgan fingerprint density at radius 2 is 1.66 bits per heavy atom. The third kappa shape index (κ3) is 3.79. The first-order valence-electron chi connectivity index (χ1n) is 9.64. The van der Waals surface area contributed by atoms with Crippen molar-refractivity contribution in [2.24, 2.45) is 0 Å². The number of carbonyl (C=O) groups excluding carboxylic acids is 1. The summed E-state index contributed by atoms with van der Waals surface area (Å²) in [4.78, 5) is 21.7. The van der Waals surface area contributed by atoms with Crippen molar-refractivity contribution in [3.8, 4) is 11.5 Å². The number of benzene rings is 2. The van der Waals surface area contributed by atoms with E-state index in [0.717, 1.165) is 16.6 Å². The first-order valence-corrected chi connectivity index (χ1v) is 10.8. The predicted octanol–water partition coefficient (Wildman–Crippen LogP) is 6.93. The topological polar surface area (TPSA) is 60.9 Å². The molecule has 0 N–H and O–H groups in total. The lowest BCUT2D eigenvalue weighted by molar-refractivity contribution is 0.101. The Hall–Kier alpha value is -3.12. The van der Waals surface area contributed by atoms with E-state index in [1.54, 1.807) is 36.7 Å². The molecule has 0 aliphatic carbocycles. The molecule has 8 heteroatoms. The average molecular weight is 483 g/mol. The monoisotopic (exact) mass is 481 g/mol. The maximum Gasteiger partial charge on any atom is 0.233 e. The fourth-order valence-electron chi connectivity index (χ4n) is 3.57. The van der Waals surface area contributed by atoms with Crippen LogP contribution in [0.5, 0.6) is 0 Å². The minimum absolute atomic E-state index is 0.0873. The SMILES string of the molecule is O=C(c1cnc(-c2ccncc2)o1)c1c(Cl)n(Cc2ccc(Cl)cc2)c2ccc(Cl)cc12. The van der Waals surface area contributed by atoms with Crippen LogP contribution < -0.4 is 0 Å². The Morgan fingerprint density at radius 3 is 2.41 bits per heavy atom. The molecule has 2 aromatic carbocycles. The van der Waals surface area contributed by atoms with Gasteiger partial charge in [-0.15, -0.1) is 0 Å². The van der Waals surface area contributed by atoms with Crippen molar-refractivity contribution in [2.45, 2.75) is 6.54 Å². The van der Waals surface area contributed by atoms with Crippen LogP contribution >= 0.6 is 34.8 Å². The number of carbonyl (C=O) groups is 1. The minimum Gasteiger partial charge on any atom is -0.433 e. The van der Waals surface area contributed by atoms with Gasteiger partial charge in [0.2, 0.25) is 11.7 Å². The smallest absolute Gasteiger partial charge is 0.233 e. The van der Waals surface area contributed by atoms with Gasteiger partial charge in [-0.1, -0.05) is 46.9 Å². The molecule has 158 valence electrons. The Morgan fingerprint density at radius 1 is 0.938 bits per heavy atom. The summed E-state index contributed by atoms with van der Waals surface area (Å²) in [5, 5.41) is 2.09. The Labute approximate surface area is 198 Å². The number of hydrogen-bond donors (Lipinski definition) is 0. The summed E-state index contributed by atoms with van der Waals surface area (Å²) >= 11 is 19.0. The Balaban J connectivity index is 1.60. The minimum atomic E-state index is -0.370. The molecule has 0 spiro atoms. The van der Waals surface area contributed by atoms with E-state index in [9.17, 15) is 4.79 Å². The molecule has 0 radical (unpaired) electrons. The molecule has 0 aliphatic heterocycles. The Bertz CT molecular complexity index is 1440. The summed E-state index contributed by atoms with van der Waals surface area (Å²) in [6, 6.07) is 16.3. The van der Waals surface area contributed by atoms with E-state index < -0.39 is 0 Å². The van der Waals surface area contributed by atoms with E-state index in [0.29, 0.717) is 38.6 Å².